The first-order valence-electron chi connectivity index (χ1n) is 3.96. The molecule has 74 valence electrons. The summed E-state index contributed by atoms with van der Waals surface area (Å²) in [5, 5.41) is 0. The molecule has 0 radical (unpaired) electrons. The van der Waals surface area contributed by atoms with Crippen molar-refractivity contribution in [2.75, 3.05) is 14.1 Å². The van der Waals surface area contributed by atoms with Crippen molar-refractivity contribution < 1.29 is 14.4 Å². The van der Waals surface area contributed by atoms with E-state index in [1.54, 1.807) is 19.0 Å². The van der Waals surface area contributed by atoms with Crippen LogP contribution in [-0.4, -0.2) is 34.6 Å². The molecule has 0 aliphatic heterocycles. The average molecular weight is 195 g/mol. The van der Waals surface area contributed by atoms with Crippen molar-refractivity contribution in [3.8, 4) is 0 Å². The normalized spacial score (nSPS) is 15.7. The average Bonchev–Trinajstić information content (AvgIpc) is 1.79. The van der Waals surface area contributed by atoms with Gasteiger partial charge in [0.25, 0.3) is 0 Å². The van der Waals surface area contributed by atoms with E-state index in [2.05, 4.69) is 0 Å². The lowest BCUT2D eigenvalue weighted by molar-refractivity contribution is 0.259. The molecule has 0 heterocycles. The first-order chi connectivity index (χ1) is 5.25. The Kier molecular flexibility index (Phi) is 4.42. The van der Waals surface area contributed by atoms with Gasteiger partial charge in [0, 0.05) is 0 Å². The van der Waals surface area contributed by atoms with Gasteiger partial charge in [-0.2, -0.15) is 0 Å². The largest absolute Gasteiger partial charge is 0.342 e. The van der Waals surface area contributed by atoms with Crippen molar-refractivity contribution >= 4 is 7.60 Å². The molecule has 2 N–H and O–H groups in total. The highest BCUT2D eigenvalue weighted by atomic mass is 31.2. The van der Waals surface area contributed by atoms with Crippen LogP contribution in [0.3, 0.4) is 0 Å². The lowest BCUT2D eigenvalue weighted by Crippen LogP contribution is -2.29. The molecule has 0 fully saturated rings. The topological polar surface area (TPSA) is 60.8 Å². The fourth-order valence-electron chi connectivity index (χ4n) is 1.07. The molecular formula is C7H18NO3P. The van der Waals surface area contributed by atoms with Crippen molar-refractivity contribution in [1.82, 2.24) is 4.90 Å². The van der Waals surface area contributed by atoms with E-state index in [1.165, 1.54) is 0 Å². The van der Waals surface area contributed by atoms with E-state index in [0.29, 0.717) is 12.3 Å². The summed E-state index contributed by atoms with van der Waals surface area (Å²) in [7, 11) is -0.587. The van der Waals surface area contributed by atoms with Gasteiger partial charge in [0.2, 0.25) is 0 Å². The van der Waals surface area contributed by atoms with Gasteiger partial charge in [0.05, 0.1) is 0 Å². The summed E-state index contributed by atoms with van der Waals surface area (Å²) >= 11 is 0. The van der Waals surface area contributed by atoms with Gasteiger partial charge in [-0.3, -0.25) is 9.46 Å². The number of rotatable bonds is 4. The zero-order valence-electron chi connectivity index (χ0n) is 8.06. The monoisotopic (exact) mass is 195 g/mol. The van der Waals surface area contributed by atoms with E-state index in [-0.39, 0.29) is 0 Å². The molecule has 0 aromatic heterocycles. The third kappa shape index (κ3) is 4.21. The van der Waals surface area contributed by atoms with E-state index in [4.69, 9.17) is 9.79 Å². The molecule has 0 aliphatic carbocycles. The van der Waals surface area contributed by atoms with Crippen molar-refractivity contribution in [2.45, 2.75) is 26.1 Å². The van der Waals surface area contributed by atoms with Crippen LogP contribution in [0.25, 0.3) is 0 Å². The van der Waals surface area contributed by atoms with E-state index < -0.39 is 13.4 Å². The summed E-state index contributed by atoms with van der Waals surface area (Å²) in [5.41, 5.74) is 0. The van der Waals surface area contributed by atoms with Gasteiger partial charge in [-0.1, -0.05) is 13.8 Å². The van der Waals surface area contributed by atoms with Gasteiger partial charge in [0.1, 0.15) is 5.78 Å². The molecule has 0 amide bonds. The van der Waals surface area contributed by atoms with Crippen LogP contribution < -0.4 is 0 Å². The van der Waals surface area contributed by atoms with Gasteiger partial charge >= 0.3 is 7.60 Å². The van der Waals surface area contributed by atoms with Gasteiger partial charge in [-0.15, -0.1) is 0 Å². The highest BCUT2D eigenvalue weighted by Gasteiger charge is 2.30. The molecule has 0 spiro atoms. The molecule has 0 rings (SSSR count). The Balaban J connectivity index is 4.36. The maximum absolute atomic E-state index is 11.0. The molecule has 1 atom stereocenters. The van der Waals surface area contributed by atoms with Crippen molar-refractivity contribution in [3.05, 3.63) is 0 Å². The van der Waals surface area contributed by atoms with E-state index in [9.17, 15) is 4.57 Å². The highest BCUT2D eigenvalue weighted by Crippen LogP contribution is 2.44. The Bertz CT molecular complexity index is 175. The fraction of sp³-hybridized carbons (Fsp3) is 1.00. The summed E-state index contributed by atoms with van der Waals surface area (Å²) in [6.45, 7) is 3.90. The second kappa shape index (κ2) is 4.38. The maximum atomic E-state index is 11.0. The van der Waals surface area contributed by atoms with Crippen LogP contribution in [0.4, 0.5) is 0 Å². The molecule has 0 saturated carbocycles. The van der Waals surface area contributed by atoms with Crippen molar-refractivity contribution in [2.24, 2.45) is 5.92 Å². The van der Waals surface area contributed by atoms with Crippen molar-refractivity contribution in [1.29, 1.82) is 0 Å². The molecule has 12 heavy (non-hydrogen) atoms. The summed E-state index contributed by atoms with van der Waals surface area (Å²) in [4.78, 5) is 19.5. The standard InChI is InChI=1S/C7H18NO3P/c1-6(2)5-7(8(3)4)12(9,10)11/h6-7H,5H2,1-4H3,(H2,9,10,11)/t7-/m1/s1. The quantitative estimate of drug-likeness (QED) is 0.659. The van der Waals surface area contributed by atoms with Crippen LogP contribution in [-0.2, 0) is 4.57 Å². The molecule has 0 aliphatic rings. The van der Waals surface area contributed by atoms with Crippen LogP contribution in [0, 0.1) is 5.92 Å². The third-order valence-electron chi connectivity index (χ3n) is 1.67. The van der Waals surface area contributed by atoms with E-state index in [0.717, 1.165) is 0 Å². The smallest absolute Gasteiger partial charge is 0.323 e. The number of hydrogen-bond donors (Lipinski definition) is 2. The number of nitrogens with zero attached hydrogens (tertiary/aromatic N) is 1. The highest BCUT2D eigenvalue weighted by molar-refractivity contribution is 7.52. The van der Waals surface area contributed by atoms with Crippen molar-refractivity contribution in [3.63, 3.8) is 0 Å². The molecule has 0 aromatic rings. The first-order valence-corrected chi connectivity index (χ1v) is 5.65. The van der Waals surface area contributed by atoms with Gasteiger partial charge < -0.3 is 9.79 Å². The molecular weight excluding hydrogens is 177 g/mol. The first kappa shape index (κ1) is 12.1. The van der Waals surface area contributed by atoms with Gasteiger partial charge in [-0.25, -0.2) is 0 Å². The minimum atomic E-state index is -3.96. The lowest BCUT2D eigenvalue weighted by Gasteiger charge is -2.26. The van der Waals surface area contributed by atoms with Gasteiger partial charge in [0.15, 0.2) is 0 Å². The fourth-order valence-corrected chi connectivity index (χ4v) is 2.37. The zero-order valence-corrected chi connectivity index (χ0v) is 8.95. The molecule has 0 unspecified atom stereocenters. The lowest BCUT2D eigenvalue weighted by atomic mass is 10.1. The van der Waals surface area contributed by atoms with Crippen LogP contribution in [0.1, 0.15) is 20.3 Å². The maximum Gasteiger partial charge on any atom is 0.342 e. The molecule has 0 aromatic carbocycles. The van der Waals surface area contributed by atoms with Crippen LogP contribution in [0.5, 0.6) is 0 Å². The Labute approximate surface area is 73.7 Å². The summed E-state index contributed by atoms with van der Waals surface area (Å²) in [5.74, 6) is -0.345. The zero-order chi connectivity index (χ0) is 9.94. The van der Waals surface area contributed by atoms with E-state index in [1.807, 2.05) is 13.8 Å². The predicted octanol–water partition coefficient (Wildman–Crippen LogP) is 1.10. The molecule has 0 bridgehead atoms. The predicted molar refractivity (Wildman–Crippen MR) is 49.0 cm³/mol. The van der Waals surface area contributed by atoms with Gasteiger partial charge in [-0.05, 0) is 26.4 Å². The minimum absolute atomic E-state index is 0.296. The van der Waals surface area contributed by atoms with Crippen LogP contribution in [0.15, 0.2) is 0 Å². The summed E-state index contributed by atoms with van der Waals surface area (Å²) < 4.78 is 11.0. The molecule has 4 nitrogen and oxygen atoms in total. The molecule has 5 heteroatoms. The second-order valence-electron chi connectivity index (χ2n) is 3.66. The Morgan fingerprint density at radius 3 is 1.83 bits per heavy atom. The van der Waals surface area contributed by atoms with E-state index >= 15 is 0 Å². The Morgan fingerprint density at radius 2 is 1.75 bits per heavy atom. The SMILES string of the molecule is CC(C)C[C@H](N(C)C)P(=O)(O)O. The third-order valence-corrected chi connectivity index (χ3v) is 3.12. The Hall–Kier alpha value is 0.110. The second-order valence-corrected chi connectivity index (χ2v) is 5.44. The van der Waals surface area contributed by atoms with Crippen LogP contribution >= 0.6 is 7.60 Å². The summed E-state index contributed by atoms with van der Waals surface area (Å²) in [6, 6.07) is 0. The molecule has 0 saturated heterocycles. The Morgan fingerprint density at radius 1 is 1.33 bits per heavy atom. The minimum Gasteiger partial charge on any atom is -0.323 e. The summed E-state index contributed by atoms with van der Waals surface area (Å²) in [6.07, 6.45) is 0.525. The van der Waals surface area contributed by atoms with Crippen LogP contribution in [0.2, 0.25) is 0 Å². The number of hydrogen-bond acceptors (Lipinski definition) is 2.